The first-order chi connectivity index (χ1) is 10.4. The van der Waals surface area contributed by atoms with Crippen LogP contribution in [0, 0.1) is 6.92 Å². The molecule has 2 aromatic carbocycles. The lowest BCUT2D eigenvalue weighted by atomic mass is 9.99. The number of hydrogen-bond acceptors (Lipinski definition) is 2. The molecule has 0 unspecified atom stereocenters. The monoisotopic (exact) mass is 312 g/mol. The van der Waals surface area contributed by atoms with Gasteiger partial charge in [-0.25, -0.2) is 4.79 Å². The predicted molar refractivity (Wildman–Crippen MR) is 95.1 cm³/mol. The molecule has 0 N–H and O–H groups in total. The Hall–Kier alpha value is -1.87. The van der Waals surface area contributed by atoms with Gasteiger partial charge < -0.3 is 4.74 Å². The average Bonchev–Trinajstić information content (AvgIpc) is 2.46. The van der Waals surface area contributed by atoms with Gasteiger partial charge in [-0.15, -0.1) is 0 Å². The van der Waals surface area contributed by atoms with Crippen molar-refractivity contribution in [2.45, 2.75) is 32.6 Å². The second-order valence-electron chi connectivity index (χ2n) is 6.86. The van der Waals surface area contributed by atoms with Crippen LogP contribution in [0.15, 0.2) is 48.5 Å². The molecule has 0 aliphatic carbocycles. The fourth-order valence-corrected chi connectivity index (χ4v) is 2.89. The Balaban J connectivity index is 2.17. The average molecular weight is 312 g/mol. The van der Waals surface area contributed by atoms with Crippen molar-refractivity contribution in [1.29, 1.82) is 0 Å². The fraction of sp³-hybridized carbons (Fsp3) is 0.316. The summed E-state index contributed by atoms with van der Waals surface area (Å²) in [4.78, 5) is 12.4. The first-order valence-corrected chi connectivity index (χ1v) is 11.4. The molecule has 0 saturated heterocycles. The highest BCUT2D eigenvalue weighted by molar-refractivity contribution is 6.76. The number of esters is 1. The molecule has 116 valence electrons. The van der Waals surface area contributed by atoms with Crippen LogP contribution in [0.4, 0.5) is 0 Å². The SMILES string of the molecule is Cc1ccc(-c2ccccc2C(=O)OCC[Si](C)(C)C)cc1. The topological polar surface area (TPSA) is 26.3 Å². The summed E-state index contributed by atoms with van der Waals surface area (Å²) in [6.07, 6.45) is 0. The molecule has 0 saturated carbocycles. The quantitative estimate of drug-likeness (QED) is 0.563. The summed E-state index contributed by atoms with van der Waals surface area (Å²) in [5.41, 5.74) is 3.82. The standard InChI is InChI=1S/C19H24O2Si/c1-15-9-11-16(12-10-15)17-7-5-6-8-18(17)19(20)21-13-14-22(2,3)4/h5-12H,13-14H2,1-4H3. The van der Waals surface area contributed by atoms with Crippen LogP contribution in [0.2, 0.25) is 25.7 Å². The normalized spacial score (nSPS) is 11.3. The van der Waals surface area contributed by atoms with Gasteiger partial charge >= 0.3 is 5.97 Å². The molecule has 3 heteroatoms. The minimum absolute atomic E-state index is 0.227. The molecule has 0 aliphatic heterocycles. The third-order valence-electron chi connectivity index (χ3n) is 3.59. The van der Waals surface area contributed by atoms with E-state index in [1.54, 1.807) is 0 Å². The number of aryl methyl sites for hydroxylation is 1. The molecule has 2 rings (SSSR count). The zero-order valence-corrected chi connectivity index (χ0v) is 14.8. The second-order valence-corrected chi connectivity index (χ2v) is 12.5. The van der Waals surface area contributed by atoms with Crippen molar-refractivity contribution in [2.24, 2.45) is 0 Å². The van der Waals surface area contributed by atoms with Gasteiger partial charge in [-0.2, -0.15) is 0 Å². The number of rotatable bonds is 5. The summed E-state index contributed by atoms with van der Waals surface area (Å²) in [5.74, 6) is -0.227. The van der Waals surface area contributed by atoms with Crippen LogP contribution in [0.3, 0.4) is 0 Å². The van der Waals surface area contributed by atoms with Gasteiger partial charge in [0.25, 0.3) is 0 Å². The van der Waals surface area contributed by atoms with Crippen molar-refractivity contribution in [1.82, 2.24) is 0 Å². The zero-order valence-electron chi connectivity index (χ0n) is 13.8. The van der Waals surface area contributed by atoms with Crippen molar-refractivity contribution in [3.63, 3.8) is 0 Å². The predicted octanol–water partition coefficient (Wildman–Crippen LogP) is 5.16. The van der Waals surface area contributed by atoms with Crippen molar-refractivity contribution < 1.29 is 9.53 Å². The van der Waals surface area contributed by atoms with Crippen LogP contribution in [0.5, 0.6) is 0 Å². The number of hydrogen-bond donors (Lipinski definition) is 0. The fourth-order valence-electron chi connectivity index (χ4n) is 2.17. The van der Waals surface area contributed by atoms with Crippen molar-refractivity contribution >= 4 is 14.0 Å². The highest BCUT2D eigenvalue weighted by Gasteiger charge is 2.17. The highest BCUT2D eigenvalue weighted by Crippen LogP contribution is 2.25. The first kappa shape index (κ1) is 16.5. The number of benzene rings is 2. The molecule has 0 fully saturated rings. The van der Waals surface area contributed by atoms with Gasteiger partial charge in [0, 0.05) is 8.07 Å². The molecule has 0 radical (unpaired) electrons. The van der Waals surface area contributed by atoms with Crippen molar-refractivity contribution in [2.75, 3.05) is 6.61 Å². The largest absolute Gasteiger partial charge is 0.462 e. The summed E-state index contributed by atoms with van der Waals surface area (Å²) in [6.45, 7) is 9.40. The molecule has 0 bridgehead atoms. The molecule has 0 aromatic heterocycles. The van der Waals surface area contributed by atoms with E-state index in [0.29, 0.717) is 12.2 Å². The molecular formula is C19H24O2Si. The van der Waals surface area contributed by atoms with E-state index in [-0.39, 0.29) is 5.97 Å². The first-order valence-electron chi connectivity index (χ1n) is 7.70. The molecular weight excluding hydrogens is 288 g/mol. The smallest absolute Gasteiger partial charge is 0.338 e. The Labute approximate surface area is 134 Å². The maximum atomic E-state index is 12.4. The van der Waals surface area contributed by atoms with Crippen LogP contribution in [0.25, 0.3) is 11.1 Å². The van der Waals surface area contributed by atoms with Gasteiger partial charge in [0.2, 0.25) is 0 Å². The summed E-state index contributed by atoms with van der Waals surface area (Å²) in [6, 6.07) is 16.8. The number of carbonyl (C=O) groups excluding carboxylic acids is 1. The Morgan fingerprint density at radius 2 is 1.64 bits per heavy atom. The van der Waals surface area contributed by atoms with Crippen LogP contribution >= 0.6 is 0 Å². The van der Waals surface area contributed by atoms with E-state index < -0.39 is 8.07 Å². The molecule has 2 nitrogen and oxygen atoms in total. The van der Waals surface area contributed by atoms with Gasteiger partial charge in [-0.1, -0.05) is 67.7 Å². The maximum absolute atomic E-state index is 12.4. The third kappa shape index (κ3) is 4.57. The lowest BCUT2D eigenvalue weighted by Crippen LogP contribution is -2.22. The van der Waals surface area contributed by atoms with Crippen LogP contribution in [-0.2, 0) is 4.74 Å². The van der Waals surface area contributed by atoms with E-state index in [9.17, 15) is 4.79 Å². The van der Waals surface area contributed by atoms with E-state index in [1.165, 1.54) is 5.56 Å². The Kier molecular flexibility index (Phi) is 5.19. The van der Waals surface area contributed by atoms with Gasteiger partial charge in [0.05, 0.1) is 12.2 Å². The van der Waals surface area contributed by atoms with Crippen molar-refractivity contribution in [3.8, 4) is 11.1 Å². The molecule has 0 heterocycles. The maximum Gasteiger partial charge on any atom is 0.338 e. The van der Waals surface area contributed by atoms with Crippen LogP contribution in [-0.4, -0.2) is 20.7 Å². The summed E-state index contributed by atoms with van der Waals surface area (Å²) in [7, 11) is -1.19. The molecule has 0 spiro atoms. The summed E-state index contributed by atoms with van der Waals surface area (Å²) in [5, 5.41) is 0. The molecule has 2 aromatic rings. The summed E-state index contributed by atoms with van der Waals surface area (Å²) >= 11 is 0. The van der Waals surface area contributed by atoms with Gasteiger partial charge in [0.1, 0.15) is 0 Å². The van der Waals surface area contributed by atoms with Crippen LogP contribution in [0.1, 0.15) is 15.9 Å². The summed E-state index contributed by atoms with van der Waals surface area (Å²) < 4.78 is 5.49. The Morgan fingerprint density at radius 1 is 1.00 bits per heavy atom. The van der Waals surface area contributed by atoms with Crippen LogP contribution < -0.4 is 0 Å². The number of carbonyl (C=O) groups is 1. The second kappa shape index (κ2) is 6.92. The van der Waals surface area contributed by atoms with E-state index in [4.69, 9.17) is 4.74 Å². The highest BCUT2D eigenvalue weighted by atomic mass is 28.3. The van der Waals surface area contributed by atoms with Gasteiger partial charge in [-0.05, 0) is 30.2 Å². The zero-order chi connectivity index (χ0) is 16.2. The lowest BCUT2D eigenvalue weighted by molar-refractivity contribution is 0.0526. The molecule has 0 amide bonds. The minimum atomic E-state index is -1.19. The van der Waals surface area contributed by atoms with E-state index >= 15 is 0 Å². The number of ether oxygens (including phenoxy) is 1. The molecule has 0 aliphatic rings. The van der Waals surface area contributed by atoms with Gasteiger partial charge in [-0.3, -0.25) is 0 Å². The lowest BCUT2D eigenvalue weighted by Gasteiger charge is -2.16. The van der Waals surface area contributed by atoms with E-state index in [2.05, 4.69) is 38.7 Å². The Morgan fingerprint density at radius 3 is 2.27 bits per heavy atom. The molecule has 0 atom stereocenters. The minimum Gasteiger partial charge on any atom is -0.462 e. The third-order valence-corrected chi connectivity index (χ3v) is 5.30. The molecule has 22 heavy (non-hydrogen) atoms. The van der Waals surface area contributed by atoms with Gasteiger partial charge in [0.15, 0.2) is 0 Å². The van der Waals surface area contributed by atoms with E-state index in [0.717, 1.165) is 17.2 Å². The van der Waals surface area contributed by atoms with E-state index in [1.807, 2.05) is 36.4 Å². The Bertz CT molecular complexity index is 639. The van der Waals surface area contributed by atoms with Crippen molar-refractivity contribution in [3.05, 3.63) is 59.7 Å².